The van der Waals surface area contributed by atoms with Crippen LogP contribution in [0.4, 0.5) is 11.4 Å². The molecule has 2 aromatic rings. The second-order valence-corrected chi connectivity index (χ2v) is 6.31. The first-order valence-electron chi connectivity index (χ1n) is 7.44. The second-order valence-electron chi connectivity index (χ2n) is 5.37. The summed E-state index contributed by atoms with van der Waals surface area (Å²) in [4.78, 5) is 25.6. The van der Waals surface area contributed by atoms with Gasteiger partial charge in [-0.05, 0) is 30.3 Å². The number of thioether (sulfide) groups is 1. The summed E-state index contributed by atoms with van der Waals surface area (Å²) in [5.74, 6) is -0.101. The van der Waals surface area contributed by atoms with Crippen molar-refractivity contribution in [3.63, 3.8) is 0 Å². The highest BCUT2D eigenvalue weighted by Gasteiger charge is 2.31. The quantitative estimate of drug-likeness (QED) is 0.810. The Balaban J connectivity index is 1.70. The van der Waals surface area contributed by atoms with Gasteiger partial charge >= 0.3 is 0 Å². The number of aromatic hydroxyl groups is 1. The van der Waals surface area contributed by atoms with Crippen molar-refractivity contribution in [3.05, 3.63) is 54.1 Å². The van der Waals surface area contributed by atoms with Crippen LogP contribution >= 0.6 is 11.8 Å². The predicted molar refractivity (Wildman–Crippen MR) is 97.1 cm³/mol. The van der Waals surface area contributed by atoms with Crippen molar-refractivity contribution in [1.82, 2.24) is 0 Å². The lowest BCUT2D eigenvalue weighted by Gasteiger charge is -2.15. The smallest absolute Gasteiger partial charge is 0.276 e. The van der Waals surface area contributed by atoms with Crippen molar-refractivity contribution in [1.29, 1.82) is 0 Å². The van der Waals surface area contributed by atoms with Gasteiger partial charge in [0, 0.05) is 5.56 Å². The number of amides is 2. The number of carbonyl (C=O) groups excluding carboxylic acids is 2. The molecule has 2 aliphatic rings. The third kappa shape index (κ3) is 2.76. The number of carbonyl (C=O) groups is 2. The van der Waals surface area contributed by atoms with Gasteiger partial charge in [0.15, 0.2) is 10.9 Å². The number of benzene rings is 2. The molecule has 2 N–H and O–H groups in total. The van der Waals surface area contributed by atoms with E-state index in [-0.39, 0.29) is 29.0 Å². The molecule has 0 aliphatic carbocycles. The Hall–Kier alpha value is -3.13. The van der Waals surface area contributed by atoms with Crippen LogP contribution in [-0.2, 0) is 9.59 Å². The molecule has 0 spiro atoms. The number of nitrogens with one attached hydrogen (secondary N) is 1. The molecule has 0 aromatic heterocycles. The lowest BCUT2D eigenvalue weighted by molar-refractivity contribution is -0.115. The molecule has 0 atom stereocenters. The minimum Gasteiger partial charge on any atom is -0.508 e. The second kappa shape index (κ2) is 6.06. The molecule has 7 nitrogen and oxygen atoms in total. The SMILES string of the molecule is O=C1Nc2ccccc2/C1=N\N=C1SCC(=O)N1c1ccc(O)cc1. The fraction of sp³-hybridized carbons (Fsp3) is 0.0588. The normalized spacial score (nSPS) is 19.6. The summed E-state index contributed by atoms with van der Waals surface area (Å²) in [7, 11) is 0. The van der Waals surface area contributed by atoms with Crippen molar-refractivity contribution in [2.75, 3.05) is 16.0 Å². The number of phenols is 1. The van der Waals surface area contributed by atoms with E-state index in [4.69, 9.17) is 0 Å². The van der Waals surface area contributed by atoms with Crippen molar-refractivity contribution < 1.29 is 14.7 Å². The van der Waals surface area contributed by atoms with Gasteiger partial charge in [0.2, 0.25) is 5.91 Å². The molecule has 124 valence electrons. The van der Waals surface area contributed by atoms with E-state index >= 15 is 0 Å². The van der Waals surface area contributed by atoms with Crippen molar-refractivity contribution in [2.24, 2.45) is 10.2 Å². The Bertz CT molecular complexity index is 937. The number of para-hydroxylation sites is 1. The fourth-order valence-electron chi connectivity index (χ4n) is 2.59. The lowest BCUT2D eigenvalue weighted by Crippen LogP contribution is -2.29. The van der Waals surface area contributed by atoms with Gasteiger partial charge in [-0.3, -0.25) is 14.5 Å². The highest BCUT2D eigenvalue weighted by molar-refractivity contribution is 8.15. The number of fused-ring (bicyclic) bond motifs is 1. The Morgan fingerprint density at radius 1 is 1.04 bits per heavy atom. The van der Waals surface area contributed by atoms with Crippen LogP contribution in [-0.4, -0.2) is 33.6 Å². The molecule has 4 rings (SSSR count). The molecule has 2 aromatic carbocycles. The zero-order valence-corrected chi connectivity index (χ0v) is 13.7. The van der Waals surface area contributed by atoms with Gasteiger partial charge in [-0.2, -0.15) is 0 Å². The molecular formula is C17H12N4O3S. The van der Waals surface area contributed by atoms with Gasteiger partial charge in [0.05, 0.1) is 17.1 Å². The van der Waals surface area contributed by atoms with Crippen LogP contribution in [0.3, 0.4) is 0 Å². The largest absolute Gasteiger partial charge is 0.508 e. The molecule has 0 bridgehead atoms. The number of rotatable bonds is 2. The van der Waals surface area contributed by atoms with Crippen LogP contribution < -0.4 is 10.2 Å². The summed E-state index contributed by atoms with van der Waals surface area (Å²) in [5.41, 5.74) is 2.18. The molecular weight excluding hydrogens is 340 g/mol. The van der Waals surface area contributed by atoms with Gasteiger partial charge in [0.25, 0.3) is 5.91 Å². The summed E-state index contributed by atoms with van der Waals surface area (Å²) < 4.78 is 0. The summed E-state index contributed by atoms with van der Waals surface area (Å²) in [6, 6.07) is 13.5. The van der Waals surface area contributed by atoms with Gasteiger partial charge < -0.3 is 10.4 Å². The van der Waals surface area contributed by atoms with Crippen molar-refractivity contribution in [3.8, 4) is 5.75 Å². The molecule has 0 radical (unpaired) electrons. The Morgan fingerprint density at radius 3 is 2.60 bits per heavy atom. The maximum Gasteiger partial charge on any atom is 0.276 e. The van der Waals surface area contributed by atoms with E-state index in [1.807, 2.05) is 12.1 Å². The Labute approximate surface area is 147 Å². The van der Waals surface area contributed by atoms with Crippen molar-refractivity contribution in [2.45, 2.75) is 0 Å². The summed E-state index contributed by atoms with van der Waals surface area (Å²) >= 11 is 1.25. The van der Waals surface area contributed by atoms with Crippen LogP contribution in [0, 0.1) is 0 Å². The third-order valence-corrected chi connectivity index (χ3v) is 4.67. The molecule has 1 fully saturated rings. The molecule has 2 heterocycles. The standard InChI is InChI=1S/C17H12N4O3S/c22-11-7-5-10(6-8-11)21-14(23)9-25-17(21)20-19-15-12-3-1-2-4-13(12)18-16(15)24/h1-8,22H,9H2,(H,18,19,24). The van der Waals surface area contributed by atoms with Crippen LogP contribution in [0.1, 0.15) is 5.56 Å². The average Bonchev–Trinajstić information content (AvgIpc) is 3.13. The van der Waals surface area contributed by atoms with E-state index < -0.39 is 0 Å². The summed E-state index contributed by atoms with van der Waals surface area (Å²) in [6.07, 6.45) is 0. The van der Waals surface area contributed by atoms with Gasteiger partial charge in [-0.25, -0.2) is 0 Å². The van der Waals surface area contributed by atoms with E-state index in [1.54, 1.807) is 24.3 Å². The molecule has 1 saturated heterocycles. The first-order chi connectivity index (χ1) is 12.1. The highest BCUT2D eigenvalue weighted by atomic mass is 32.2. The highest BCUT2D eigenvalue weighted by Crippen LogP contribution is 2.28. The average molecular weight is 352 g/mol. The number of amidine groups is 1. The number of anilines is 2. The third-order valence-electron chi connectivity index (χ3n) is 3.75. The fourth-order valence-corrected chi connectivity index (χ4v) is 3.40. The Kier molecular flexibility index (Phi) is 3.73. The molecule has 0 saturated carbocycles. The van der Waals surface area contributed by atoms with Gasteiger partial charge in [-0.15, -0.1) is 10.2 Å². The minimum absolute atomic E-state index is 0.112. The summed E-state index contributed by atoms with van der Waals surface area (Å²) in [6.45, 7) is 0. The van der Waals surface area contributed by atoms with E-state index in [1.165, 1.54) is 28.8 Å². The maximum absolute atomic E-state index is 12.2. The van der Waals surface area contributed by atoms with Gasteiger partial charge in [-0.1, -0.05) is 30.0 Å². The summed E-state index contributed by atoms with van der Waals surface area (Å²) in [5, 5.41) is 20.7. The lowest BCUT2D eigenvalue weighted by atomic mass is 10.1. The first kappa shape index (κ1) is 15.4. The Morgan fingerprint density at radius 2 is 1.80 bits per heavy atom. The molecule has 2 aliphatic heterocycles. The van der Waals surface area contributed by atoms with Crippen LogP contribution in [0.15, 0.2) is 58.7 Å². The number of hydrogen-bond donors (Lipinski definition) is 2. The maximum atomic E-state index is 12.2. The number of phenolic OH excluding ortho intramolecular Hbond substituents is 1. The zero-order chi connectivity index (χ0) is 17.4. The van der Waals surface area contributed by atoms with E-state index in [0.29, 0.717) is 22.1 Å². The molecule has 8 heteroatoms. The molecule has 25 heavy (non-hydrogen) atoms. The van der Waals surface area contributed by atoms with Crippen molar-refractivity contribution >= 4 is 45.8 Å². The van der Waals surface area contributed by atoms with E-state index in [0.717, 1.165) is 0 Å². The minimum atomic E-state index is -0.323. The number of nitrogens with zero attached hydrogens (tertiary/aromatic N) is 3. The monoisotopic (exact) mass is 352 g/mol. The predicted octanol–water partition coefficient (Wildman–Crippen LogP) is 2.18. The zero-order valence-electron chi connectivity index (χ0n) is 12.8. The number of hydrogen-bond acceptors (Lipinski definition) is 6. The van der Waals surface area contributed by atoms with Crippen LogP contribution in [0.2, 0.25) is 0 Å². The molecule has 2 amide bonds. The van der Waals surface area contributed by atoms with Gasteiger partial charge in [0.1, 0.15) is 5.75 Å². The van der Waals surface area contributed by atoms with E-state index in [2.05, 4.69) is 15.5 Å². The first-order valence-corrected chi connectivity index (χ1v) is 8.43. The van der Waals surface area contributed by atoms with Crippen LogP contribution in [0.5, 0.6) is 5.75 Å². The topological polar surface area (TPSA) is 94.4 Å². The van der Waals surface area contributed by atoms with E-state index in [9.17, 15) is 14.7 Å². The van der Waals surface area contributed by atoms with Crippen LogP contribution in [0.25, 0.3) is 0 Å². The molecule has 0 unspecified atom stereocenters.